The number of hydrogen-bond donors (Lipinski definition) is 1. The Bertz CT molecular complexity index is 695. The lowest BCUT2D eigenvalue weighted by Gasteiger charge is -2.36. The van der Waals surface area contributed by atoms with Crippen molar-refractivity contribution in [3.8, 4) is 0 Å². The molecule has 0 aromatic carbocycles. The zero-order chi connectivity index (χ0) is 18.4. The van der Waals surface area contributed by atoms with Gasteiger partial charge in [0, 0.05) is 70.1 Å². The highest BCUT2D eigenvalue weighted by Crippen LogP contribution is 2.19. The van der Waals surface area contributed by atoms with Crippen molar-refractivity contribution in [1.82, 2.24) is 25.3 Å². The van der Waals surface area contributed by atoms with Gasteiger partial charge in [-0.25, -0.2) is 4.98 Å². The van der Waals surface area contributed by atoms with Gasteiger partial charge in [0.15, 0.2) is 5.96 Å². The molecule has 0 atom stereocenters. The SMILES string of the molecule is CN=C(NCCc1csc(C(C)C)n1)N1CCN(Cc2ccon2)CC1.I. The van der Waals surface area contributed by atoms with E-state index in [2.05, 4.69) is 44.5 Å². The van der Waals surface area contributed by atoms with Crippen molar-refractivity contribution in [2.75, 3.05) is 39.8 Å². The highest BCUT2D eigenvalue weighted by Gasteiger charge is 2.20. The highest BCUT2D eigenvalue weighted by molar-refractivity contribution is 14.0. The summed E-state index contributed by atoms with van der Waals surface area (Å²) in [6.45, 7) is 9.99. The van der Waals surface area contributed by atoms with E-state index in [-0.39, 0.29) is 24.0 Å². The number of guanidine groups is 1. The van der Waals surface area contributed by atoms with Crippen LogP contribution in [0.3, 0.4) is 0 Å². The van der Waals surface area contributed by atoms with Crippen molar-refractivity contribution in [2.24, 2.45) is 4.99 Å². The van der Waals surface area contributed by atoms with E-state index in [1.807, 2.05) is 13.1 Å². The van der Waals surface area contributed by atoms with Crippen LogP contribution >= 0.6 is 35.3 Å². The second-order valence-corrected chi connectivity index (χ2v) is 7.70. The van der Waals surface area contributed by atoms with Crippen LogP contribution in [-0.2, 0) is 13.0 Å². The summed E-state index contributed by atoms with van der Waals surface area (Å²) < 4.78 is 4.91. The normalized spacial score (nSPS) is 15.9. The van der Waals surface area contributed by atoms with Crippen molar-refractivity contribution in [1.29, 1.82) is 0 Å². The average Bonchev–Trinajstić information content (AvgIpc) is 3.32. The first-order chi connectivity index (χ1) is 12.7. The molecule has 150 valence electrons. The number of hydrogen-bond acceptors (Lipinski definition) is 6. The van der Waals surface area contributed by atoms with Gasteiger partial charge in [0.05, 0.1) is 16.4 Å². The molecule has 0 unspecified atom stereocenters. The Morgan fingerprint density at radius 1 is 1.30 bits per heavy atom. The molecule has 3 rings (SSSR count). The summed E-state index contributed by atoms with van der Waals surface area (Å²) in [7, 11) is 1.85. The van der Waals surface area contributed by atoms with Crippen molar-refractivity contribution in [2.45, 2.75) is 32.7 Å². The molecule has 0 aliphatic carbocycles. The van der Waals surface area contributed by atoms with Crippen LogP contribution in [0.15, 0.2) is 27.2 Å². The summed E-state index contributed by atoms with van der Waals surface area (Å²) in [6.07, 6.45) is 2.55. The van der Waals surface area contributed by atoms with Crippen LogP contribution in [0.4, 0.5) is 0 Å². The highest BCUT2D eigenvalue weighted by atomic mass is 127. The summed E-state index contributed by atoms with van der Waals surface area (Å²) in [5.41, 5.74) is 2.16. The third kappa shape index (κ3) is 6.42. The number of halogens is 1. The fourth-order valence-electron chi connectivity index (χ4n) is 3.00. The van der Waals surface area contributed by atoms with Gasteiger partial charge in [-0.3, -0.25) is 9.89 Å². The molecule has 2 aromatic rings. The number of nitrogens with zero attached hydrogens (tertiary/aromatic N) is 5. The smallest absolute Gasteiger partial charge is 0.193 e. The molecule has 0 saturated carbocycles. The number of aromatic nitrogens is 2. The van der Waals surface area contributed by atoms with Gasteiger partial charge in [-0.1, -0.05) is 19.0 Å². The lowest BCUT2D eigenvalue weighted by molar-refractivity contribution is 0.169. The molecule has 0 bridgehead atoms. The molecular formula is C18H29IN6OS. The molecular weight excluding hydrogens is 475 g/mol. The van der Waals surface area contributed by atoms with Gasteiger partial charge in [0.2, 0.25) is 0 Å². The van der Waals surface area contributed by atoms with Crippen molar-refractivity contribution in [3.05, 3.63) is 34.1 Å². The molecule has 3 heterocycles. The summed E-state index contributed by atoms with van der Waals surface area (Å²) in [5.74, 6) is 1.48. The summed E-state index contributed by atoms with van der Waals surface area (Å²) in [5, 5.41) is 10.9. The van der Waals surface area contributed by atoms with Gasteiger partial charge in [-0.2, -0.15) is 0 Å². The van der Waals surface area contributed by atoms with Gasteiger partial charge >= 0.3 is 0 Å². The second-order valence-electron chi connectivity index (χ2n) is 6.81. The Morgan fingerprint density at radius 3 is 2.67 bits per heavy atom. The monoisotopic (exact) mass is 504 g/mol. The molecule has 0 spiro atoms. The maximum atomic E-state index is 4.91. The van der Waals surface area contributed by atoms with E-state index in [1.165, 1.54) is 10.7 Å². The summed E-state index contributed by atoms with van der Waals surface area (Å²) >= 11 is 1.75. The number of thiazole rings is 1. The number of aliphatic imine (C=N–C) groups is 1. The maximum absolute atomic E-state index is 4.91. The molecule has 2 aromatic heterocycles. The Balaban J connectivity index is 0.00000261. The van der Waals surface area contributed by atoms with Crippen LogP contribution in [0, 0.1) is 0 Å². The lowest BCUT2D eigenvalue weighted by atomic mass is 10.2. The van der Waals surface area contributed by atoms with E-state index in [0.717, 1.165) is 57.3 Å². The first-order valence-corrected chi connectivity index (χ1v) is 10.0. The van der Waals surface area contributed by atoms with E-state index in [1.54, 1.807) is 17.6 Å². The van der Waals surface area contributed by atoms with E-state index < -0.39 is 0 Å². The molecule has 9 heteroatoms. The number of piperazine rings is 1. The molecule has 27 heavy (non-hydrogen) atoms. The molecule has 1 aliphatic heterocycles. The van der Waals surface area contributed by atoms with Gasteiger partial charge in [0.25, 0.3) is 0 Å². The van der Waals surface area contributed by atoms with Crippen LogP contribution < -0.4 is 5.32 Å². The Kier molecular flexibility index (Phi) is 8.97. The Hall–Kier alpha value is -1.20. The Morgan fingerprint density at radius 2 is 2.07 bits per heavy atom. The van der Waals surface area contributed by atoms with E-state index in [9.17, 15) is 0 Å². The lowest BCUT2D eigenvalue weighted by Crippen LogP contribution is -2.52. The molecule has 1 fully saturated rings. The van der Waals surface area contributed by atoms with Crippen LogP contribution in [0.1, 0.15) is 36.2 Å². The van der Waals surface area contributed by atoms with Gasteiger partial charge in [0.1, 0.15) is 6.26 Å². The minimum atomic E-state index is 0. The molecule has 1 N–H and O–H groups in total. The average molecular weight is 504 g/mol. The molecule has 1 aliphatic rings. The first kappa shape index (κ1) is 22.1. The molecule has 0 amide bonds. The summed E-state index contributed by atoms with van der Waals surface area (Å²) in [6, 6.07) is 1.93. The minimum absolute atomic E-state index is 0. The minimum Gasteiger partial charge on any atom is -0.364 e. The third-order valence-electron chi connectivity index (χ3n) is 4.49. The molecule has 1 saturated heterocycles. The Labute approximate surface area is 182 Å². The van der Waals surface area contributed by atoms with Crippen molar-refractivity contribution in [3.63, 3.8) is 0 Å². The maximum Gasteiger partial charge on any atom is 0.193 e. The van der Waals surface area contributed by atoms with Crippen molar-refractivity contribution >= 4 is 41.3 Å². The largest absolute Gasteiger partial charge is 0.364 e. The fourth-order valence-corrected chi connectivity index (χ4v) is 3.87. The number of nitrogens with one attached hydrogen (secondary N) is 1. The quantitative estimate of drug-likeness (QED) is 0.371. The zero-order valence-electron chi connectivity index (χ0n) is 16.2. The molecule has 7 nitrogen and oxygen atoms in total. The van der Waals surface area contributed by atoms with E-state index in [0.29, 0.717) is 5.92 Å². The second kappa shape index (κ2) is 11.0. The summed E-state index contributed by atoms with van der Waals surface area (Å²) in [4.78, 5) is 13.9. The predicted molar refractivity (Wildman–Crippen MR) is 120 cm³/mol. The fraction of sp³-hybridized carbons (Fsp3) is 0.611. The van der Waals surface area contributed by atoms with Crippen LogP contribution in [0.25, 0.3) is 0 Å². The zero-order valence-corrected chi connectivity index (χ0v) is 19.4. The van der Waals surface area contributed by atoms with Gasteiger partial charge < -0.3 is 14.7 Å². The van der Waals surface area contributed by atoms with E-state index >= 15 is 0 Å². The number of rotatable bonds is 6. The van der Waals surface area contributed by atoms with Crippen molar-refractivity contribution < 1.29 is 4.52 Å². The van der Waals surface area contributed by atoms with Crippen LogP contribution in [0.5, 0.6) is 0 Å². The predicted octanol–water partition coefficient (Wildman–Crippen LogP) is 2.81. The standard InChI is InChI=1S/C18H28N6OS.HI/c1-14(2)17-21-16(13-26-17)4-6-20-18(19-3)24-9-7-23(8-10-24)12-15-5-11-25-22-15;/h5,11,13-14H,4,6-10,12H2,1-3H3,(H,19,20);1H. The first-order valence-electron chi connectivity index (χ1n) is 9.17. The van der Waals surface area contributed by atoms with Crippen LogP contribution in [-0.4, -0.2) is 65.7 Å². The molecule has 0 radical (unpaired) electrons. The van der Waals surface area contributed by atoms with Gasteiger partial charge in [-0.15, -0.1) is 35.3 Å². The van der Waals surface area contributed by atoms with E-state index in [4.69, 9.17) is 9.51 Å². The third-order valence-corrected chi connectivity index (χ3v) is 5.68. The van der Waals surface area contributed by atoms with Crippen LogP contribution in [0.2, 0.25) is 0 Å². The topological polar surface area (TPSA) is 69.8 Å². The van der Waals surface area contributed by atoms with Gasteiger partial charge in [-0.05, 0) is 0 Å².